The van der Waals surface area contributed by atoms with Gasteiger partial charge in [0.05, 0.1) is 11.6 Å². The molecule has 1 saturated carbocycles. The summed E-state index contributed by atoms with van der Waals surface area (Å²) in [5, 5.41) is 8.55. The van der Waals surface area contributed by atoms with Crippen molar-refractivity contribution in [3.8, 4) is 0 Å². The summed E-state index contributed by atoms with van der Waals surface area (Å²) in [6.07, 6.45) is 2.20. The van der Waals surface area contributed by atoms with E-state index in [9.17, 15) is 0 Å². The van der Waals surface area contributed by atoms with Crippen LogP contribution < -0.4 is 0 Å². The van der Waals surface area contributed by atoms with Gasteiger partial charge in [-0.2, -0.15) is 5.10 Å². The number of allylic oxidation sites excluding steroid dienone is 2. The molecule has 3 rings (SSSR count). The molecule has 1 aromatic carbocycles. The van der Waals surface area contributed by atoms with Crippen molar-refractivity contribution in [3.05, 3.63) is 57.8 Å². The maximum Gasteiger partial charge on any atom is 0.152 e. The highest BCUT2D eigenvalue weighted by Crippen LogP contribution is 2.53. The molecule has 1 spiro atoms. The summed E-state index contributed by atoms with van der Waals surface area (Å²) in [6.45, 7) is 20.2. The minimum atomic E-state index is -0.0798. The van der Waals surface area contributed by atoms with E-state index in [0.29, 0.717) is 5.92 Å². The smallest absolute Gasteiger partial charge is 0.152 e. The zero-order chi connectivity index (χ0) is 22.2. The Hall–Kier alpha value is -2.20. The van der Waals surface area contributed by atoms with Crippen molar-refractivity contribution in [2.45, 2.75) is 78.8 Å². The molecule has 2 aliphatic rings. The van der Waals surface area contributed by atoms with Crippen molar-refractivity contribution in [2.24, 2.45) is 10.2 Å². The van der Waals surface area contributed by atoms with Crippen LogP contribution in [0.5, 0.6) is 0 Å². The highest BCUT2D eigenvalue weighted by Gasteiger charge is 2.57. The van der Waals surface area contributed by atoms with Gasteiger partial charge in [0, 0.05) is 19.0 Å². The highest BCUT2D eigenvalue weighted by molar-refractivity contribution is 5.96. The zero-order valence-corrected chi connectivity index (χ0v) is 20.1. The van der Waals surface area contributed by atoms with Crippen LogP contribution in [0.4, 0.5) is 0 Å². The van der Waals surface area contributed by atoms with E-state index >= 15 is 0 Å². The first-order valence-electron chi connectivity index (χ1n) is 11.2. The summed E-state index contributed by atoms with van der Waals surface area (Å²) in [4.78, 5) is 4.91. The SMILES string of the molecule is C=N/N=C1\N(CC)C(C)=C(C(C)=C(C)C)C(c2ccc(C(C)C)cc2)N(C)C12CC2. The number of nitrogens with zero attached hydrogens (tertiary/aromatic N) is 4. The standard InChI is InChI=1S/C26H38N4/c1-10-30-20(7)23(19(6)17(2)3)24(22-13-11-21(12-14-22)18(4)5)29(9)26(15-16-26)25(30)28-27-8/h11-14,18,24H,8,10,15-16H2,1-7,9H3/b28-25-. The molecule has 0 radical (unpaired) electrons. The van der Waals surface area contributed by atoms with E-state index in [1.54, 1.807) is 0 Å². The number of likely N-dealkylation sites (N-methyl/N-ethyl adjacent to an activating group) is 2. The van der Waals surface area contributed by atoms with Gasteiger partial charge in [0.2, 0.25) is 0 Å². The lowest BCUT2D eigenvalue weighted by molar-refractivity contribution is 0.225. The Kier molecular flexibility index (Phi) is 6.37. The lowest BCUT2D eigenvalue weighted by Crippen LogP contribution is -2.47. The molecule has 0 bridgehead atoms. The summed E-state index contributed by atoms with van der Waals surface area (Å²) < 4.78 is 0. The third-order valence-corrected chi connectivity index (χ3v) is 7.08. The second-order valence-corrected chi connectivity index (χ2v) is 9.30. The Morgan fingerprint density at radius 1 is 1.17 bits per heavy atom. The Morgan fingerprint density at radius 3 is 2.20 bits per heavy atom. The summed E-state index contributed by atoms with van der Waals surface area (Å²) in [6, 6.07) is 9.40. The van der Waals surface area contributed by atoms with Gasteiger partial charge in [-0.15, -0.1) is 5.10 Å². The number of hydrogen-bond acceptors (Lipinski definition) is 3. The molecule has 1 atom stereocenters. The molecule has 1 aliphatic heterocycles. The van der Waals surface area contributed by atoms with Crippen LogP contribution in [0.3, 0.4) is 0 Å². The lowest BCUT2D eigenvalue weighted by atomic mass is 9.87. The summed E-state index contributed by atoms with van der Waals surface area (Å²) in [5.41, 5.74) is 8.01. The van der Waals surface area contributed by atoms with E-state index in [1.807, 2.05) is 0 Å². The third kappa shape index (κ3) is 3.66. The van der Waals surface area contributed by atoms with E-state index < -0.39 is 0 Å². The van der Waals surface area contributed by atoms with Crippen LogP contribution in [-0.2, 0) is 0 Å². The van der Waals surface area contributed by atoms with Gasteiger partial charge in [-0.3, -0.25) is 4.90 Å². The van der Waals surface area contributed by atoms with Crippen molar-refractivity contribution < 1.29 is 0 Å². The lowest BCUT2D eigenvalue weighted by Gasteiger charge is -2.36. The fraction of sp³-hybridized carbons (Fsp3) is 0.538. The fourth-order valence-corrected chi connectivity index (χ4v) is 4.85. The number of rotatable bonds is 5. The average molecular weight is 407 g/mol. The molecule has 162 valence electrons. The van der Waals surface area contributed by atoms with Crippen LogP contribution in [0.1, 0.15) is 84.4 Å². The van der Waals surface area contributed by atoms with Crippen molar-refractivity contribution in [1.82, 2.24) is 9.80 Å². The number of benzene rings is 1. The summed E-state index contributed by atoms with van der Waals surface area (Å²) >= 11 is 0. The minimum Gasteiger partial charge on any atom is -0.331 e. The third-order valence-electron chi connectivity index (χ3n) is 7.08. The molecule has 4 nitrogen and oxygen atoms in total. The van der Waals surface area contributed by atoms with E-state index in [1.165, 1.54) is 33.5 Å². The van der Waals surface area contributed by atoms with Crippen molar-refractivity contribution in [2.75, 3.05) is 13.6 Å². The maximum atomic E-state index is 4.58. The molecule has 0 amide bonds. The largest absolute Gasteiger partial charge is 0.331 e. The normalized spacial score (nSPS) is 22.6. The second kappa shape index (κ2) is 8.50. The van der Waals surface area contributed by atoms with E-state index in [0.717, 1.165) is 25.2 Å². The molecule has 1 unspecified atom stereocenters. The zero-order valence-electron chi connectivity index (χ0n) is 20.1. The quantitative estimate of drug-likeness (QED) is 0.425. The van der Waals surface area contributed by atoms with Gasteiger partial charge in [-0.25, -0.2) is 0 Å². The van der Waals surface area contributed by atoms with Gasteiger partial charge in [0.1, 0.15) is 0 Å². The van der Waals surface area contributed by atoms with Crippen LogP contribution in [0.15, 0.2) is 56.9 Å². The van der Waals surface area contributed by atoms with E-state index in [4.69, 9.17) is 0 Å². The van der Waals surface area contributed by atoms with Crippen LogP contribution in [0, 0.1) is 0 Å². The highest BCUT2D eigenvalue weighted by atomic mass is 15.4. The predicted octanol–water partition coefficient (Wildman–Crippen LogP) is 6.30. The topological polar surface area (TPSA) is 31.2 Å². The van der Waals surface area contributed by atoms with Crippen LogP contribution in [0.2, 0.25) is 0 Å². The maximum absolute atomic E-state index is 4.58. The monoisotopic (exact) mass is 406 g/mol. The first-order chi connectivity index (χ1) is 14.2. The number of hydrogen-bond donors (Lipinski definition) is 0. The van der Waals surface area contributed by atoms with Gasteiger partial charge in [0.25, 0.3) is 0 Å². The molecule has 1 aliphatic carbocycles. The molecule has 1 heterocycles. The minimum absolute atomic E-state index is 0.0798. The molecular formula is C26H38N4. The van der Waals surface area contributed by atoms with Crippen molar-refractivity contribution in [3.63, 3.8) is 0 Å². The van der Waals surface area contributed by atoms with E-state index in [2.05, 4.69) is 106 Å². The van der Waals surface area contributed by atoms with Gasteiger partial charge >= 0.3 is 0 Å². The second-order valence-electron chi connectivity index (χ2n) is 9.30. The van der Waals surface area contributed by atoms with Crippen LogP contribution >= 0.6 is 0 Å². The van der Waals surface area contributed by atoms with Gasteiger partial charge in [-0.05, 0) is 82.7 Å². The molecule has 0 aromatic heterocycles. The molecule has 30 heavy (non-hydrogen) atoms. The van der Waals surface area contributed by atoms with Crippen LogP contribution in [0.25, 0.3) is 0 Å². The molecule has 0 saturated heterocycles. The van der Waals surface area contributed by atoms with Crippen LogP contribution in [-0.4, -0.2) is 41.5 Å². The Labute approximate surface area is 183 Å². The molecule has 1 aromatic rings. The van der Waals surface area contributed by atoms with E-state index in [-0.39, 0.29) is 11.6 Å². The Balaban J connectivity index is 2.29. The van der Waals surface area contributed by atoms with Crippen molar-refractivity contribution >= 4 is 12.6 Å². The van der Waals surface area contributed by atoms with Gasteiger partial charge in [0.15, 0.2) is 5.84 Å². The van der Waals surface area contributed by atoms with Gasteiger partial charge in [-0.1, -0.05) is 43.7 Å². The molecule has 0 N–H and O–H groups in total. The van der Waals surface area contributed by atoms with Crippen molar-refractivity contribution in [1.29, 1.82) is 0 Å². The molecule has 4 heteroatoms. The Morgan fingerprint density at radius 2 is 1.77 bits per heavy atom. The fourth-order valence-electron chi connectivity index (χ4n) is 4.85. The van der Waals surface area contributed by atoms with Gasteiger partial charge < -0.3 is 4.90 Å². The molecule has 1 fully saturated rings. The molecular weight excluding hydrogens is 368 g/mol. The summed E-state index contributed by atoms with van der Waals surface area (Å²) in [7, 11) is 2.26. The predicted molar refractivity (Wildman–Crippen MR) is 129 cm³/mol. The number of amidine groups is 1. The average Bonchev–Trinajstić information content (AvgIpc) is 3.52. The first-order valence-corrected chi connectivity index (χ1v) is 11.2. The summed E-state index contributed by atoms with van der Waals surface area (Å²) in [5.74, 6) is 1.57. The Bertz CT molecular complexity index is 893. The first kappa shape index (κ1) is 22.5.